The van der Waals surface area contributed by atoms with Gasteiger partial charge in [0.25, 0.3) is 5.19 Å². The van der Waals surface area contributed by atoms with E-state index in [-0.39, 0.29) is 12.0 Å². The van der Waals surface area contributed by atoms with Crippen LogP contribution < -0.4 is 4.74 Å². The first-order chi connectivity index (χ1) is 9.97. The Kier molecular flexibility index (Phi) is 5.87. The predicted molar refractivity (Wildman–Crippen MR) is 86.0 cm³/mol. The third-order valence-corrected chi connectivity index (χ3v) is 5.46. The van der Waals surface area contributed by atoms with Crippen molar-refractivity contribution in [2.45, 2.75) is 69.5 Å². The van der Waals surface area contributed by atoms with Crippen molar-refractivity contribution in [2.75, 3.05) is 5.75 Å². The second-order valence-corrected chi connectivity index (χ2v) is 7.88. The molecule has 2 atom stereocenters. The van der Waals surface area contributed by atoms with Crippen LogP contribution in [0.5, 0.6) is 5.19 Å². The van der Waals surface area contributed by atoms with E-state index in [0.717, 1.165) is 17.2 Å². The quantitative estimate of drug-likeness (QED) is 0.777. The van der Waals surface area contributed by atoms with Gasteiger partial charge in [0.05, 0.1) is 11.9 Å². The van der Waals surface area contributed by atoms with Crippen molar-refractivity contribution in [1.82, 2.24) is 15.1 Å². The van der Waals surface area contributed by atoms with E-state index in [1.165, 1.54) is 29.5 Å². The van der Waals surface area contributed by atoms with Crippen molar-refractivity contribution in [3.8, 4) is 5.19 Å². The second-order valence-electron chi connectivity index (χ2n) is 5.72. The number of likely N-dealkylation sites (tertiary alicyclic amines) is 1. The summed E-state index contributed by atoms with van der Waals surface area (Å²) in [5.41, 5.74) is 0. The van der Waals surface area contributed by atoms with E-state index in [1.54, 1.807) is 0 Å². The van der Waals surface area contributed by atoms with Crippen molar-refractivity contribution >= 4 is 29.0 Å². The van der Waals surface area contributed by atoms with E-state index >= 15 is 0 Å². The third-order valence-electron chi connectivity index (χ3n) is 3.53. The van der Waals surface area contributed by atoms with Crippen LogP contribution >= 0.6 is 23.1 Å². The van der Waals surface area contributed by atoms with Gasteiger partial charge in [-0.1, -0.05) is 16.9 Å². The Morgan fingerprint density at radius 1 is 1.38 bits per heavy atom. The maximum Gasteiger partial charge on any atom is 0.295 e. The van der Waals surface area contributed by atoms with Crippen LogP contribution in [0.1, 0.15) is 47.0 Å². The van der Waals surface area contributed by atoms with Crippen LogP contribution in [-0.4, -0.2) is 44.9 Å². The number of piperidine rings is 1. The highest BCUT2D eigenvalue weighted by molar-refractivity contribution is 8.01. The molecule has 1 aliphatic heterocycles. The van der Waals surface area contributed by atoms with Crippen molar-refractivity contribution in [3.05, 3.63) is 0 Å². The zero-order chi connectivity index (χ0) is 15.4. The summed E-state index contributed by atoms with van der Waals surface area (Å²) in [5, 5.41) is 8.61. The van der Waals surface area contributed by atoms with Gasteiger partial charge in [-0.2, -0.15) is 0 Å². The summed E-state index contributed by atoms with van der Waals surface area (Å²) >= 11 is 2.85. The maximum absolute atomic E-state index is 12.4. The molecular weight excluding hydrogens is 306 g/mol. The molecule has 0 aliphatic carbocycles. The molecule has 0 spiro atoms. The largest absolute Gasteiger partial charge is 0.466 e. The number of hydrogen-bond acceptors (Lipinski definition) is 6. The molecule has 1 saturated heterocycles. The predicted octanol–water partition coefficient (Wildman–Crippen LogP) is 3.21. The number of carbonyl (C=O) groups is 1. The lowest BCUT2D eigenvalue weighted by atomic mass is 9.98. The highest BCUT2D eigenvalue weighted by atomic mass is 32.2. The Labute approximate surface area is 134 Å². The number of thioether (sulfide) groups is 1. The molecule has 0 unspecified atom stereocenters. The number of amides is 1. The molecular formula is C14H23N3O2S2. The van der Waals surface area contributed by atoms with Crippen LogP contribution in [0.25, 0.3) is 0 Å². The Morgan fingerprint density at radius 2 is 2.05 bits per heavy atom. The third kappa shape index (κ3) is 4.57. The molecule has 1 aromatic heterocycles. The van der Waals surface area contributed by atoms with Gasteiger partial charge in [-0.05, 0) is 58.3 Å². The number of ether oxygens (including phenoxy) is 1. The smallest absolute Gasteiger partial charge is 0.295 e. The van der Waals surface area contributed by atoms with Crippen LogP contribution in [0, 0.1) is 0 Å². The van der Waals surface area contributed by atoms with Crippen LogP contribution in [0.15, 0.2) is 4.34 Å². The van der Waals surface area contributed by atoms with E-state index < -0.39 is 0 Å². The van der Waals surface area contributed by atoms with Gasteiger partial charge < -0.3 is 9.64 Å². The molecule has 2 rings (SSSR count). The Balaban J connectivity index is 1.87. The average Bonchev–Trinajstić information content (AvgIpc) is 2.83. The molecule has 1 aromatic rings. The van der Waals surface area contributed by atoms with Crippen molar-refractivity contribution in [2.24, 2.45) is 0 Å². The van der Waals surface area contributed by atoms with Crippen molar-refractivity contribution in [1.29, 1.82) is 0 Å². The standard InChI is InChI=1S/C14H23N3O2S2/c1-9(2)19-13-15-16-14(21-13)20-8-12(18)17-10(3)6-5-7-11(17)4/h9-11H,5-8H2,1-4H3/t10-,11-/m1/s1. The Bertz CT molecular complexity index is 469. The highest BCUT2D eigenvalue weighted by Gasteiger charge is 2.28. The lowest BCUT2D eigenvalue weighted by molar-refractivity contribution is -0.134. The Morgan fingerprint density at radius 3 is 2.67 bits per heavy atom. The van der Waals surface area contributed by atoms with Crippen LogP contribution in [0.3, 0.4) is 0 Å². The summed E-state index contributed by atoms with van der Waals surface area (Å²) in [6.45, 7) is 8.18. The molecule has 0 N–H and O–H groups in total. The number of nitrogens with zero attached hydrogens (tertiary/aromatic N) is 3. The Hall–Kier alpha value is -0.820. The van der Waals surface area contributed by atoms with Gasteiger partial charge in [0.2, 0.25) is 5.91 Å². The van der Waals surface area contributed by atoms with E-state index in [0.29, 0.717) is 23.0 Å². The number of carbonyl (C=O) groups excluding carboxylic acids is 1. The molecule has 0 saturated carbocycles. The first-order valence-corrected chi connectivity index (χ1v) is 9.21. The van der Waals surface area contributed by atoms with Crippen LogP contribution in [0.2, 0.25) is 0 Å². The van der Waals surface area contributed by atoms with E-state index in [4.69, 9.17) is 4.74 Å². The summed E-state index contributed by atoms with van der Waals surface area (Å²) in [6, 6.07) is 0.687. The lowest BCUT2D eigenvalue weighted by Crippen LogP contribution is -2.48. The minimum Gasteiger partial charge on any atom is -0.466 e. The molecule has 0 bridgehead atoms. The summed E-state index contributed by atoms with van der Waals surface area (Å²) < 4.78 is 6.28. The highest BCUT2D eigenvalue weighted by Crippen LogP contribution is 2.29. The van der Waals surface area contributed by atoms with Crippen molar-refractivity contribution in [3.63, 3.8) is 0 Å². The topological polar surface area (TPSA) is 55.3 Å². The van der Waals surface area contributed by atoms with E-state index in [1.807, 2.05) is 18.7 Å². The molecule has 5 nitrogen and oxygen atoms in total. The molecule has 0 aromatic carbocycles. The lowest BCUT2D eigenvalue weighted by Gasteiger charge is -2.39. The van der Waals surface area contributed by atoms with Gasteiger partial charge in [-0.25, -0.2) is 0 Å². The molecule has 2 heterocycles. The van der Waals surface area contributed by atoms with Gasteiger partial charge in [0.1, 0.15) is 0 Å². The number of aromatic nitrogens is 2. The number of rotatable bonds is 5. The minimum absolute atomic E-state index is 0.0903. The fourth-order valence-electron chi connectivity index (χ4n) is 2.62. The van der Waals surface area contributed by atoms with Gasteiger partial charge in [-0.15, -0.1) is 5.10 Å². The number of hydrogen-bond donors (Lipinski definition) is 0. The summed E-state index contributed by atoms with van der Waals surface area (Å²) in [5.74, 6) is 0.617. The van der Waals surface area contributed by atoms with E-state index in [2.05, 4.69) is 24.0 Å². The first-order valence-electron chi connectivity index (χ1n) is 7.41. The summed E-state index contributed by atoms with van der Waals surface area (Å²) in [6.07, 6.45) is 3.51. The molecule has 1 fully saturated rings. The van der Waals surface area contributed by atoms with Crippen LogP contribution in [-0.2, 0) is 4.79 Å². The SMILES string of the molecule is CC(C)Oc1nnc(SCC(=O)N2[C@H](C)CCC[C@H]2C)s1. The summed E-state index contributed by atoms with van der Waals surface area (Å²) in [7, 11) is 0. The van der Waals surface area contributed by atoms with Gasteiger partial charge in [-0.3, -0.25) is 4.79 Å². The average molecular weight is 329 g/mol. The van der Waals surface area contributed by atoms with Gasteiger partial charge in [0, 0.05) is 12.1 Å². The van der Waals surface area contributed by atoms with Crippen molar-refractivity contribution < 1.29 is 9.53 Å². The molecule has 1 aliphatic rings. The van der Waals surface area contributed by atoms with E-state index in [9.17, 15) is 4.79 Å². The minimum atomic E-state index is 0.0903. The normalized spacial score (nSPS) is 22.6. The zero-order valence-corrected chi connectivity index (χ0v) is 14.7. The maximum atomic E-state index is 12.4. The molecule has 118 valence electrons. The molecule has 7 heteroatoms. The molecule has 0 radical (unpaired) electrons. The molecule has 1 amide bonds. The zero-order valence-electron chi connectivity index (χ0n) is 13.0. The van der Waals surface area contributed by atoms with Crippen LogP contribution in [0.4, 0.5) is 0 Å². The fraction of sp³-hybridized carbons (Fsp3) is 0.786. The monoisotopic (exact) mass is 329 g/mol. The van der Waals surface area contributed by atoms with Gasteiger partial charge in [0.15, 0.2) is 4.34 Å². The van der Waals surface area contributed by atoms with Gasteiger partial charge >= 0.3 is 0 Å². The summed E-state index contributed by atoms with van der Waals surface area (Å²) in [4.78, 5) is 14.4. The fourth-order valence-corrected chi connectivity index (χ4v) is 4.29. The molecule has 21 heavy (non-hydrogen) atoms. The first kappa shape index (κ1) is 16.5. The second kappa shape index (κ2) is 7.45.